The second-order valence-electron chi connectivity index (χ2n) is 16.7. The van der Waals surface area contributed by atoms with Crippen molar-refractivity contribution in [3.63, 3.8) is 0 Å². The van der Waals surface area contributed by atoms with E-state index in [1.54, 1.807) is 39.0 Å². The van der Waals surface area contributed by atoms with Crippen LogP contribution in [0, 0.1) is 29.1 Å². The van der Waals surface area contributed by atoms with Crippen LogP contribution in [0.25, 0.3) is 10.8 Å². The number of fused-ring (bicyclic) bond motifs is 3. The quantitative estimate of drug-likeness (QED) is 0.242. The van der Waals surface area contributed by atoms with E-state index in [0.717, 1.165) is 12.8 Å². The van der Waals surface area contributed by atoms with E-state index in [2.05, 4.69) is 16.6 Å². The van der Waals surface area contributed by atoms with Crippen molar-refractivity contribution < 1.29 is 41.8 Å². The molecule has 2 saturated carbocycles. The number of rotatable bonds is 8. The highest BCUT2D eigenvalue weighted by Gasteiger charge is 2.61. The molecule has 0 radical (unpaired) electrons. The van der Waals surface area contributed by atoms with Gasteiger partial charge in [-0.3, -0.25) is 23.9 Å². The summed E-state index contributed by atoms with van der Waals surface area (Å²) >= 11 is 6.56. The van der Waals surface area contributed by atoms with E-state index >= 15 is 0 Å². The van der Waals surface area contributed by atoms with Crippen LogP contribution >= 0.6 is 11.6 Å². The Bertz CT molecular complexity index is 1940. The van der Waals surface area contributed by atoms with Gasteiger partial charge in [0.05, 0.1) is 53.9 Å². The Morgan fingerprint density at radius 3 is 2.52 bits per heavy atom. The van der Waals surface area contributed by atoms with E-state index < -0.39 is 56.2 Å². The van der Waals surface area contributed by atoms with Gasteiger partial charge in [0.1, 0.15) is 17.5 Å². The first-order valence-electron chi connectivity index (χ1n) is 19.0. The molecule has 2 aliphatic heterocycles. The molecule has 0 unspecified atom stereocenters. The van der Waals surface area contributed by atoms with Gasteiger partial charge in [-0.25, -0.2) is 13.4 Å². The smallest absolute Gasteiger partial charge is 0.307 e. The molecule has 294 valence electrons. The van der Waals surface area contributed by atoms with E-state index in [9.17, 15) is 27.6 Å². The Labute approximate surface area is 322 Å². The van der Waals surface area contributed by atoms with E-state index in [1.165, 1.54) is 18.2 Å². The minimum Gasteiger partial charge on any atom is -0.494 e. The van der Waals surface area contributed by atoms with Crippen LogP contribution in [-0.4, -0.2) is 78.5 Å². The third kappa shape index (κ3) is 8.72. The van der Waals surface area contributed by atoms with Gasteiger partial charge in [0.15, 0.2) is 5.78 Å². The van der Waals surface area contributed by atoms with E-state index in [4.69, 9.17) is 25.8 Å². The maximum atomic E-state index is 14.8. The second-order valence-corrected chi connectivity index (χ2v) is 19.1. The first-order chi connectivity index (χ1) is 25.4. The van der Waals surface area contributed by atoms with Crippen molar-refractivity contribution in [3.8, 4) is 11.6 Å². The summed E-state index contributed by atoms with van der Waals surface area (Å²) < 4.78 is 45.8. The number of esters is 1. The lowest BCUT2D eigenvalue weighted by atomic mass is 9.84. The summed E-state index contributed by atoms with van der Waals surface area (Å²) in [5, 5.41) is 1.03. The van der Waals surface area contributed by atoms with Gasteiger partial charge >= 0.3 is 5.97 Å². The van der Waals surface area contributed by atoms with Crippen molar-refractivity contribution in [1.82, 2.24) is 14.6 Å². The zero-order valence-electron chi connectivity index (χ0n) is 31.9. The minimum absolute atomic E-state index is 0.0260. The number of allylic oxidation sites excluding steroid dienone is 2. The van der Waals surface area contributed by atoms with Crippen molar-refractivity contribution >= 4 is 56.0 Å². The number of aromatic nitrogens is 1. The first-order valence-corrected chi connectivity index (χ1v) is 20.9. The average molecular weight is 786 g/mol. The number of nitrogens with zero attached hydrogens (tertiary/aromatic N) is 2. The summed E-state index contributed by atoms with van der Waals surface area (Å²) in [5.41, 5.74) is -2.02. The van der Waals surface area contributed by atoms with Crippen molar-refractivity contribution in [2.75, 3.05) is 13.7 Å². The predicted octanol–water partition coefficient (Wildman–Crippen LogP) is 6.18. The Kier molecular flexibility index (Phi) is 11.4. The highest BCUT2D eigenvalue weighted by molar-refractivity contribution is 7.90. The molecule has 1 saturated heterocycles. The van der Waals surface area contributed by atoms with Gasteiger partial charge in [-0.05, 0) is 82.8 Å². The summed E-state index contributed by atoms with van der Waals surface area (Å²) in [7, 11) is -2.35. The lowest BCUT2D eigenvalue weighted by Gasteiger charge is -2.32. The number of sulfonamides is 1. The molecule has 54 heavy (non-hydrogen) atoms. The third-order valence-electron chi connectivity index (χ3n) is 11.3. The number of amides is 2. The van der Waals surface area contributed by atoms with Gasteiger partial charge in [0.2, 0.25) is 27.7 Å². The molecule has 0 bridgehead atoms. The lowest BCUT2D eigenvalue weighted by molar-refractivity contribution is -0.159. The number of methoxy groups -OCH3 is 1. The molecule has 3 heterocycles. The number of hydrogen-bond donors (Lipinski definition) is 1. The molecule has 1 aromatic heterocycles. The number of nitrogens with one attached hydrogen (secondary N) is 1. The fourth-order valence-electron chi connectivity index (χ4n) is 7.98. The Morgan fingerprint density at radius 2 is 1.83 bits per heavy atom. The van der Waals surface area contributed by atoms with Crippen molar-refractivity contribution in [2.45, 2.75) is 115 Å². The highest BCUT2D eigenvalue weighted by atomic mass is 35.5. The number of hydrogen-bond acceptors (Lipinski definition) is 10. The molecule has 14 heteroatoms. The van der Waals surface area contributed by atoms with Gasteiger partial charge in [-0.15, -0.1) is 0 Å². The van der Waals surface area contributed by atoms with Crippen LogP contribution < -0.4 is 14.2 Å². The van der Waals surface area contributed by atoms with Crippen LogP contribution in [0.4, 0.5) is 0 Å². The van der Waals surface area contributed by atoms with Gasteiger partial charge in [-0.1, -0.05) is 50.1 Å². The molecule has 6 rings (SSSR count). The normalized spacial score (nSPS) is 30.0. The fourth-order valence-corrected chi connectivity index (χ4v) is 9.64. The van der Waals surface area contributed by atoms with Gasteiger partial charge < -0.3 is 19.1 Å². The summed E-state index contributed by atoms with van der Waals surface area (Å²) in [6.45, 7) is 9.37. The molecule has 1 N–H and O–H groups in total. The summed E-state index contributed by atoms with van der Waals surface area (Å²) in [5.74, 6) is -2.39. The molecule has 0 spiro atoms. The maximum Gasteiger partial charge on any atom is 0.307 e. The average Bonchev–Trinajstić information content (AvgIpc) is 4.02. The number of carbonyl (C=O) groups is 4. The molecule has 12 nitrogen and oxygen atoms in total. The van der Waals surface area contributed by atoms with Crippen molar-refractivity contribution in [1.29, 1.82) is 0 Å². The SMILES string of the molecule is COc1cnc(O[C@@H]2C[C@H]3C(=O)C[C@]4(C(=O)NS(=O)(=O)C5CC5)C[C@H]4/C=C\[C@@H](C)CCC[C@@H](C)[C@H](CC(=O)OC(C)(C)C)C(=O)N3C2)c2cccc(Cl)c12. The topological polar surface area (TPSA) is 158 Å². The largest absolute Gasteiger partial charge is 0.494 e. The molecule has 7 atom stereocenters. The Morgan fingerprint density at radius 1 is 1.09 bits per heavy atom. The van der Waals surface area contributed by atoms with Crippen LogP contribution in [0.15, 0.2) is 36.5 Å². The number of pyridine rings is 1. The lowest BCUT2D eigenvalue weighted by Crippen LogP contribution is -2.47. The summed E-state index contributed by atoms with van der Waals surface area (Å²) in [6.07, 6.45) is 8.05. The molecule has 3 fully saturated rings. The van der Waals surface area contributed by atoms with E-state index in [0.29, 0.717) is 47.2 Å². The number of ether oxygens (including phenoxy) is 3. The first kappa shape index (κ1) is 40.0. The van der Waals surface area contributed by atoms with Crippen LogP contribution in [0.3, 0.4) is 0 Å². The number of carbonyl (C=O) groups excluding carboxylic acids is 4. The molecular formula is C40H52ClN3O9S. The Hall–Kier alpha value is -3.71. The van der Waals surface area contributed by atoms with Crippen LogP contribution in [0.1, 0.15) is 92.4 Å². The van der Waals surface area contributed by atoms with Crippen LogP contribution in [-0.2, 0) is 33.9 Å². The highest BCUT2D eigenvalue weighted by Crippen LogP contribution is 2.57. The van der Waals surface area contributed by atoms with E-state index in [1.807, 2.05) is 19.1 Å². The zero-order chi connectivity index (χ0) is 39.2. The molecule has 2 aliphatic carbocycles. The van der Waals surface area contributed by atoms with Gasteiger partial charge in [-0.2, -0.15) is 0 Å². The van der Waals surface area contributed by atoms with Crippen LogP contribution in [0.5, 0.6) is 11.6 Å². The van der Waals surface area contributed by atoms with Gasteiger partial charge in [0, 0.05) is 23.6 Å². The van der Waals surface area contributed by atoms with Crippen LogP contribution in [0.2, 0.25) is 5.02 Å². The number of halogens is 1. The van der Waals surface area contributed by atoms with Gasteiger partial charge in [0.25, 0.3) is 0 Å². The maximum absolute atomic E-state index is 14.8. The summed E-state index contributed by atoms with van der Waals surface area (Å²) in [6, 6.07) is 4.30. The fraction of sp³-hybridized carbons (Fsp3) is 0.625. The molecular weight excluding hydrogens is 734 g/mol. The zero-order valence-corrected chi connectivity index (χ0v) is 33.5. The number of Topliss-reactive ketones (excluding diaryl/α,β-unsaturated/α-hetero) is 1. The molecule has 2 amide bonds. The standard InChI is InChI=1S/C40H52ClN3O9S/c1-23-9-7-10-24(2)29(18-34(46)53-39(3,4)5)37(47)44-22-26(52-36-28-11-8-12-30(41)35(28)33(51-6)21-42-36)17-31(44)32(45)20-40(19-25(40)14-13-23)38(48)43-54(49,50)27-15-16-27/h8,11-14,21,23-27,29,31H,7,9-10,15-20,22H2,1-6H3,(H,43,48)/b14-13-/t23-,24+,25+,26+,29-,31-,40+/m0/s1. The molecule has 1 aromatic carbocycles. The number of ketones is 1. The minimum atomic E-state index is -3.86. The monoisotopic (exact) mass is 785 g/mol. The second kappa shape index (κ2) is 15.4. The van der Waals surface area contributed by atoms with Crippen molar-refractivity contribution in [3.05, 3.63) is 41.6 Å². The van der Waals surface area contributed by atoms with E-state index in [-0.39, 0.29) is 61.1 Å². The predicted molar refractivity (Wildman–Crippen MR) is 203 cm³/mol. The Balaban J connectivity index is 1.35. The molecule has 2 aromatic rings. The summed E-state index contributed by atoms with van der Waals surface area (Å²) in [4.78, 5) is 62.5. The number of benzene rings is 1. The third-order valence-corrected chi connectivity index (χ3v) is 13.4. The molecule has 4 aliphatic rings. The van der Waals surface area contributed by atoms with Crippen molar-refractivity contribution in [2.24, 2.45) is 29.1 Å².